The fourth-order valence-electron chi connectivity index (χ4n) is 4.08. The summed E-state index contributed by atoms with van der Waals surface area (Å²) in [6.45, 7) is 8.53. The number of carbonyl (C=O) groups is 3. The van der Waals surface area contributed by atoms with E-state index in [0.717, 1.165) is 12.8 Å². The topological polar surface area (TPSA) is 75.3 Å². The molecule has 0 bridgehead atoms. The summed E-state index contributed by atoms with van der Waals surface area (Å²) in [5, 5.41) is 5.84. The molecule has 2 N–H and O–H groups in total. The van der Waals surface area contributed by atoms with Crippen LogP contribution in [0.25, 0.3) is 0 Å². The SMILES string of the molecule is CC1(C)CC1CC(=O)Nc1ccc(C(=O)c2ccc(NC(=O)[C@@H]3CC3(C)C)cc2)cc1.[HH].[HH]. The van der Waals surface area contributed by atoms with Crippen LogP contribution in [0.2, 0.25) is 0 Å². The van der Waals surface area contributed by atoms with Crippen molar-refractivity contribution in [2.75, 3.05) is 10.6 Å². The maximum absolute atomic E-state index is 12.8. The van der Waals surface area contributed by atoms with Gasteiger partial charge in [-0.2, -0.15) is 0 Å². The summed E-state index contributed by atoms with van der Waals surface area (Å²) < 4.78 is 0. The average Bonchev–Trinajstić information content (AvgIpc) is 3.55. The van der Waals surface area contributed by atoms with Crippen LogP contribution in [-0.4, -0.2) is 17.6 Å². The van der Waals surface area contributed by atoms with Crippen LogP contribution in [0.3, 0.4) is 0 Å². The molecule has 2 saturated carbocycles. The first-order valence-electron chi connectivity index (χ1n) is 10.9. The van der Waals surface area contributed by atoms with E-state index in [4.69, 9.17) is 0 Å². The van der Waals surface area contributed by atoms with Crippen LogP contribution in [0.4, 0.5) is 11.4 Å². The second-order valence-electron chi connectivity index (χ2n) is 10.4. The number of anilines is 2. The van der Waals surface area contributed by atoms with E-state index < -0.39 is 0 Å². The van der Waals surface area contributed by atoms with Crippen molar-refractivity contribution in [1.29, 1.82) is 0 Å². The number of hydrogen-bond donors (Lipinski definition) is 2. The summed E-state index contributed by atoms with van der Waals surface area (Å²) in [6.07, 6.45) is 2.54. The minimum Gasteiger partial charge on any atom is -0.326 e. The zero-order chi connectivity index (χ0) is 22.4. The van der Waals surface area contributed by atoms with Crippen LogP contribution in [-0.2, 0) is 9.59 Å². The number of rotatable bonds is 7. The van der Waals surface area contributed by atoms with Crippen molar-refractivity contribution in [2.45, 2.75) is 47.0 Å². The van der Waals surface area contributed by atoms with Crippen LogP contribution < -0.4 is 10.6 Å². The lowest BCUT2D eigenvalue weighted by Gasteiger charge is -2.09. The minimum absolute atomic E-state index is 0. The number of carbonyl (C=O) groups excluding carboxylic acids is 3. The highest BCUT2D eigenvalue weighted by Gasteiger charge is 2.50. The molecule has 0 aromatic heterocycles. The van der Waals surface area contributed by atoms with Crippen molar-refractivity contribution in [3.8, 4) is 0 Å². The van der Waals surface area contributed by atoms with E-state index in [1.54, 1.807) is 48.5 Å². The lowest BCUT2D eigenvalue weighted by molar-refractivity contribution is -0.118. The molecule has 2 aromatic carbocycles. The molecule has 2 amide bonds. The number of nitrogens with one attached hydrogen (secondary N) is 2. The van der Waals surface area contributed by atoms with Crippen molar-refractivity contribution in [2.24, 2.45) is 22.7 Å². The van der Waals surface area contributed by atoms with Crippen molar-refractivity contribution in [3.63, 3.8) is 0 Å². The van der Waals surface area contributed by atoms with E-state index in [-0.39, 0.29) is 37.2 Å². The molecule has 2 fully saturated rings. The number of benzene rings is 2. The van der Waals surface area contributed by atoms with Gasteiger partial charge in [0.1, 0.15) is 0 Å². The summed E-state index contributed by atoms with van der Waals surface area (Å²) in [7, 11) is 0. The quantitative estimate of drug-likeness (QED) is 0.556. The van der Waals surface area contributed by atoms with Crippen molar-refractivity contribution in [3.05, 3.63) is 59.7 Å². The highest BCUT2D eigenvalue weighted by atomic mass is 16.2. The molecule has 5 nitrogen and oxygen atoms in total. The lowest BCUT2D eigenvalue weighted by Crippen LogP contribution is -2.16. The van der Waals surface area contributed by atoms with Gasteiger partial charge in [-0.15, -0.1) is 0 Å². The number of ketones is 1. The standard InChI is InChI=1S/C26H30N2O3.2H2/c1-25(2)14-18(25)13-22(29)27-19-9-5-16(6-10-19)23(30)17-7-11-20(12-8-17)28-24(31)21-15-26(21,3)4;;/h5-12,18,21H,13-15H2,1-4H3,(H,27,29)(H,28,31);2*1H/t18?,21-;;/m0../s1. The van der Waals surface area contributed by atoms with E-state index in [2.05, 4.69) is 38.3 Å². The summed E-state index contributed by atoms with van der Waals surface area (Å²) >= 11 is 0. The Morgan fingerprint density at radius 3 is 1.68 bits per heavy atom. The Balaban J connectivity index is 0.00000193. The Morgan fingerprint density at radius 2 is 1.26 bits per heavy atom. The highest BCUT2D eigenvalue weighted by Crippen LogP contribution is 2.53. The molecule has 31 heavy (non-hydrogen) atoms. The van der Waals surface area contributed by atoms with Gasteiger partial charge in [0.15, 0.2) is 5.78 Å². The second-order valence-corrected chi connectivity index (χ2v) is 10.4. The molecule has 1 unspecified atom stereocenters. The van der Waals surface area contributed by atoms with Crippen molar-refractivity contribution < 1.29 is 17.2 Å². The maximum atomic E-state index is 12.8. The molecule has 2 atom stereocenters. The predicted octanol–water partition coefficient (Wildman–Crippen LogP) is 5.77. The van der Waals surface area contributed by atoms with Crippen LogP contribution in [0.5, 0.6) is 0 Å². The molecular formula is C26H34N2O3. The van der Waals surface area contributed by atoms with E-state index in [0.29, 0.717) is 34.8 Å². The molecule has 0 saturated heterocycles. The molecule has 0 radical (unpaired) electrons. The Bertz CT molecular complexity index is 1030. The van der Waals surface area contributed by atoms with Crippen LogP contribution in [0.15, 0.2) is 48.5 Å². The fraction of sp³-hybridized carbons (Fsp3) is 0.423. The van der Waals surface area contributed by atoms with Crippen LogP contribution in [0.1, 0.15) is 65.7 Å². The monoisotopic (exact) mass is 422 g/mol. The molecule has 5 heteroatoms. The number of amides is 2. The largest absolute Gasteiger partial charge is 0.326 e. The summed E-state index contributed by atoms with van der Waals surface area (Å²) in [5.41, 5.74) is 2.86. The molecular weight excluding hydrogens is 388 g/mol. The lowest BCUT2D eigenvalue weighted by atomic mass is 10.0. The van der Waals surface area contributed by atoms with Gasteiger partial charge < -0.3 is 10.6 Å². The Kier molecular flexibility index (Phi) is 5.24. The normalized spacial score (nSPS) is 22.3. The van der Waals surface area contributed by atoms with E-state index in [1.807, 2.05) is 0 Å². The van der Waals surface area contributed by atoms with Crippen molar-refractivity contribution >= 4 is 29.0 Å². The second kappa shape index (κ2) is 7.63. The first-order valence-corrected chi connectivity index (χ1v) is 10.9. The summed E-state index contributed by atoms with van der Waals surface area (Å²) in [5.74, 6) is 0.466. The van der Waals surface area contributed by atoms with Gasteiger partial charge >= 0.3 is 0 Å². The Labute approximate surface area is 186 Å². The van der Waals surface area contributed by atoms with E-state index in [1.165, 1.54) is 0 Å². The first kappa shape index (κ1) is 21.3. The molecule has 2 aromatic rings. The number of hydrogen-bond acceptors (Lipinski definition) is 3. The highest BCUT2D eigenvalue weighted by molar-refractivity contribution is 6.09. The average molecular weight is 423 g/mol. The predicted molar refractivity (Wildman–Crippen MR) is 126 cm³/mol. The van der Waals surface area contributed by atoms with Gasteiger partial charge in [-0.25, -0.2) is 0 Å². The molecule has 0 heterocycles. The Hall–Kier alpha value is -2.95. The zero-order valence-electron chi connectivity index (χ0n) is 18.6. The fourth-order valence-corrected chi connectivity index (χ4v) is 4.08. The molecule has 0 spiro atoms. The minimum atomic E-state index is -0.0983. The maximum Gasteiger partial charge on any atom is 0.228 e. The summed E-state index contributed by atoms with van der Waals surface area (Å²) in [4.78, 5) is 37.2. The smallest absolute Gasteiger partial charge is 0.228 e. The van der Waals surface area contributed by atoms with E-state index >= 15 is 0 Å². The van der Waals surface area contributed by atoms with Crippen LogP contribution >= 0.6 is 0 Å². The van der Waals surface area contributed by atoms with E-state index in [9.17, 15) is 14.4 Å². The third-order valence-electron chi connectivity index (χ3n) is 6.82. The molecule has 2 aliphatic rings. The third kappa shape index (κ3) is 4.87. The van der Waals surface area contributed by atoms with Gasteiger partial charge in [0.05, 0.1) is 0 Å². The van der Waals surface area contributed by atoms with Crippen molar-refractivity contribution in [1.82, 2.24) is 0 Å². The van der Waals surface area contributed by atoms with Crippen LogP contribution in [0, 0.1) is 22.7 Å². The van der Waals surface area contributed by atoms with Gasteiger partial charge in [0.25, 0.3) is 0 Å². The molecule has 166 valence electrons. The summed E-state index contributed by atoms with van der Waals surface area (Å²) in [6, 6.07) is 13.9. The first-order chi connectivity index (χ1) is 14.5. The Morgan fingerprint density at radius 1 is 0.806 bits per heavy atom. The van der Waals surface area contributed by atoms with Gasteiger partial charge in [-0.3, -0.25) is 14.4 Å². The molecule has 4 rings (SSSR count). The van der Waals surface area contributed by atoms with Gasteiger partial charge in [-0.1, -0.05) is 27.7 Å². The zero-order valence-corrected chi connectivity index (χ0v) is 18.6. The van der Waals surface area contributed by atoms with Gasteiger partial charge in [0, 0.05) is 37.7 Å². The molecule has 0 aliphatic heterocycles. The van der Waals surface area contributed by atoms with Gasteiger partial charge in [-0.05, 0) is 78.1 Å². The van der Waals surface area contributed by atoms with Gasteiger partial charge in [0.2, 0.25) is 11.8 Å². The molecule has 2 aliphatic carbocycles. The third-order valence-corrected chi connectivity index (χ3v) is 6.82.